The predicted molar refractivity (Wildman–Crippen MR) is 92.0 cm³/mol. The number of benzene rings is 1. The molecule has 1 unspecified atom stereocenters. The van der Waals surface area contributed by atoms with Gasteiger partial charge in [0, 0.05) is 33.4 Å². The Labute approximate surface area is 139 Å². The quantitative estimate of drug-likeness (QED) is 0.686. The van der Waals surface area contributed by atoms with Crippen LogP contribution in [0.1, 0.15) is 28.3 Å². The van der Waals surface area contributed by atoms with Crippen molar-refractivity contribution in [2.24, 2.45) is 0 Å². The summed E-state index contributed by atoms with van der Waals surface area (Å²) in [6.45, 7) is 4.08. The minimum atomic E-state index is 0.335. The zero-order chi connectivity index (χ0) is 15.4. The standard InChI is InChI=1S/C17H19BrClNO/c1-11-10-20-16(12(2)17(11)21-3)8-14(9-18)13-5-4-6-15(19)7-13/h4-7,10,14H,8-9H2,1-3H3. The Morgan fingerprint density at radius 2 is 2.10 bits per heavy atom. The van der Waals surface area contributed by atoms with Crippen molar-refractivity contribution >= 4 is 27.5 Å². The number of nitrogens with zero attached hydrogens (tertiary/aromatic N) is 1. The second-order valence-corrected chi connectivity index (χ2v) is 6.24. The number of pyridine rings is 1. The first-order valence-corrected chi connectivity index (χ1v) is 8.37. The van der Waals surface area contributed by atoms with E-state index in [4.69, 9.17) is 16.3 Å². The molecule has 1 aromatic carbocycles. The Bertz CT molecular complexity index is 630. The van der Waals surface area contributed by atoms with Crippen LogP contribution in [0.2, 0.25) is 5.02 Å². The maximum absolute atomic E-state index is 6.10. The largest absolute Gasteiger partial charge is 0.496 e. The van der Waals surface area contributed by atoms with Gasteiger partial charge in [-0.1, -0.05) is 39.7 Å². The molecule has 0 aliphatic carbocycles. The van der Waals surface area contributed by atoms with Gasteiger partial charge in [-0.2, -0.15) is 0 Å². The Hall–Kier alpha value is -1.06. The van der Waals surface area contributed by atoms with E-state index >= 15 is 0 Å². The molecule has 0 saturated carbocycles. The Kier molecular flexibility index (Phi) is 5.65. The second-order valence-electron chi connectivity index (χ2n) is 5.16. The molecule has 0 bridgehead atoms. The summed E-state index contributed by atoms with van der Waals surface area (Å²) in [7, 11) is 1.71. The summed E-state index contributed by atoms with van der Waals surface area (Å²) in [6, 6.07) is 8.02. The summed E-state index contributed by atoms with van der Waals surface area (Å²) >= 11 is 9.70. The summed E-state index contributed by atoms with van der Waals surface area (Å²) in [4.78, 5) is 4.59. The highest BCUT2D eigenvalue weighted by atomic mass is 79.9. The highest BCUT2D eigenvalue weighted by Crippen LogP contribution is 2.29. The minimum absolute atomic E-state index is 0.335. The fourth-order valence-electron chi connectivity index (χ4n) is 2.53. The lowest BCUT2D eigenvalue weighted by molar-refractivity contribution is 0.406. The predicted octanol–water partition coefficient (Wildman–Crippen LogP) is 5.08. The Morgan fingerprint density at radius 1 is 1.33 bits per heavy atom. The monoisotopic (exact) mass is 367 g/mol. The highest BCUT2D eigenvalue weighted by Gasteiger charge is 2.16. The van der Waals surface area contributed by atoms with Crippen LogP contribution in [0.4, 0.5) is 0 Å². The van der Waals surface area contributed by atoms with Gasteiger partial charge in [-0.3, -0.25) is 4.98 Å². The average Bonchev–Trinajstić information content (AvgIpc) is 2.47. The number of alkyl halides is 1. The van der Waals surface area contributed by atoms with Gasteiger partial charge in [-0.15, -0.1) is 0 Å². The van der Waals surface area contributed by atoms with Crippen LogP contribution in [-0.2, 0) is 6.42 Å². The number of aromatic nitrogens is 1. The third-order valence-corrected chi connectivity index (χ3v) is 4.71. The summed E-state index contributed by atoms with van der Waals surface area (Å²) in [5, 5.41) is 1.63. The first-order valence-electron chi connectivity index (χ1n) is 6.87. The molecule has 1 heterocycles. The van der Waals surface area contributed by atoms with Gasteiger partial charge >= 0.3 is 0 Å². The van der Waals surface area contributed by atoms with E-state index in [9.17, 15) is 0 Å². The number of ether oxygens (including phenoxy) is 1. The van der Waals surface area contributed by atoms with E-state index in [1.165, 1.54) is 5.56 Å². The van der Waals surface area contributed by atoms with Gasteiger partial charge in [0.15, 0.2) is 0 Å². The molecular weight excluding hydrogens is 350 g/mol. The minimum Gasteiger partial charge on any atom is -0.496 e. The number of hydrogen-bond acceptors (Lipinski definition) is 2. The molecule has 0 saturated heterocycles. The zero-order valence-electron chi connectivity index (χ0n) is 12.5. The Balaban J connectivity index is 2.31. The van der Waals surface area contributed by atoms with Crippen molar-refractivity contribution in [3.63, 3.8) is 0 Å². The third kappa shape index (κ3) is 3.78. The van der Waals surface area contributed by atoms with E-state index in [2.05, 4.69) is 33.9 Å². The van der Waals surface area contributed by atoms with E-state index in [-0.39, 0.29) is 0 Å². The summed E-state index contributed by atoms with van der Waals surface area (Å²) in [5.41, 5.74) is 4.48. The lowest BCUT2D eigenvalue weighted by Crippen LogP contribution is -2.08. The van der Waals surface area contributed by atoms with E-state index in [0.29, 0.717) is 5.92 Å². The van der Waals surface area contributed by atoms with Crippen LogP contribution in [0.25, 0.3) is 0 Å². The molecule has 0 aliphatic heterocycles. The number of methoxy groups -OCH3 is 1. The smallest absolute Gasteiger partial charge is 0.128 e. The number of hydrogen-bond donors (Lipinski definition) is 0. The van der Waals surface area contributed by atoms with Gasteiger partial charge < -0.3 is 4.74 Å². The average molecular weight is 369 g/mol. The molecule has 0 radical (unpaired) electrons. The van der Waals surface area contributed by atoms with Crippen molar-refractivity contribution in [3.05, 3.63) is 57.9 Å². The maximum Gasteiger partial charge on any atom is 0.128 e. The van der Waals surface area contributed by atoms with Crippen molar-refractivity contribution in [2.45, 2.75) is 26.2 Å². The van der Waals surface area contributed by atoms with Crippen molar-refractivity contribution in [3.8, 4) is 5.75 Å². The van der Waals surface area contributed by atoms with Gasteiger partial charge in [-0.25, -0.2) is 0 Å². The lowest BCUT2D eigenvalue weighted by atomic mass is 9.94. The second kappa shape index (κ2) is 7.28. The van der Waals surface area contributed by atoms with E-state index in [1.807, 2.05) is 31.3 Å². The molecule has 0 N–H and O–H groups in total. The van der Waals surface area contributed by atoms with Crippen molar-refractivity contribution in [1.29, 1.82) is 0 Å². The molecule has 2 rings (SSSR count). The molecule has 0 amide bonds. The molecule has 21 heavy (non-hydrogen) atoms. The molecule has 0 spiro atoms. The van der Waals surface area contributed by atoms with Crippen LogP contribution in [0.3, 0.4) is 0 Å². The van der Waals surface area contributed by atoms with Gasteiger partial charge in [-0.05, 0) is 43.9 Å². The Morgan fingerprint density at radius 3 is 2.71 bits per heavy atom. The normalized spacial score (nSPS) is 12.2. The topological polar surface area (TPSA) is 22.1 Å². The highest BCUT2D eigenvalue weighted by molar-refractivity contribution is 9.09. The lowest BCUT2D eigenvalue weighted by Gasteiger charge is -2.18. The molecule has 4 heteroatoms. The van der Waals surface area contributed by atoms with Crippen LogP contribution in [-0.4, -0.2) is 17.4 Å². The molecule has 0 aliphatic rings. The molecule has 1 atom stereocenters. The zero-order valence-corrected chi connectivity index (χ0v) is 14.8. The van der Waals surface area contributed by atoms with Crippen molar-refractivity contribution < 1.29 is 4.74 Å². The molecule has 2 nitrogen and oxygen atoms in total. The summed E-state index contributed by atoms with van der Waals surface area (Å²) < 4.78 is 5.48. The molecule has 2 aromatic rings. The van der Waals surface area contributed by atoms with E-state index in [1.54, 1.807) is 7.11 Å². The maximum atomic E-state index is 6.10. The van der Waals surface area contributed by atoms with Crippen molar-refractivity contribution in [2.75, 3.05) is 12.4 Å². The van der Waals surface area contributed by atoms with Crippen LogP contribution in [0.5, 0.6) is 5.75 Å². The van der Waals surface area contributed by atoms with Crippen LogP contribution < -0.4 is 4.74 Å². The van der Waals surface area contributed by atoms with Crippen LogP contribution in [0, 0.1) is 13.8 Å². The number of aryl methyl sites for hydroxylation is 1. The fraction of sp³-hybridized carbons (Fsp3) is 0.353. The van der Waals surface area contributed by atoms with Gasteiger partial charge in [0.2, 0.25) is 0 Å². The van der Waals surface area contributed by atoms with E-state index in [0.717, 1.165) is 39.3 Å². The van der Waals surface area contributed by atoms with Crippen LogP contribution >= 0.6 is 27.5 Å². The van der Waals surface area contributed by atoms with Gasteiger partial charge in [0.05, 0.1) is 7.11 Å². The van der Waals surface area contributed by atoms with Gasteiger partial charge in [0.25, 0.3) is 0 Å². The van der Waals surface area contributed by atoms with Gasteiger partial charge in [0.1, 0.15) is 5.75 Å². The molecule has 0 fully saturated rings. The number of halogens is 2. The van der Waals surface area contributed by atoms with Crippen molar-refractivity contribution in [1.82, 2.24) is 4.98 Å². The summed E-state index contributed by atoms with van der Waals surface area (Å²) in [6.07, 6.45) is 2.73. The number of rotatable bonds is 5. The first kappa shape index (κ1) is 16.3. The molecule has 1 aromatic heterocycles. The first-order chi connectivity index (χ1) is 10.1. The SMILES string of the molecule is COc1c(C)cnc(CC(CBr)c2cccc(Cl)c2)c1C. The molecular formula is C17H19BrClNO. The van der Waals surface area contributed by atoms with Crippen LogP contribution in [0.15, 0.2) is 30.5 Å². The summed E-state index contributed by atoms with van der Waals surface area (Å²) in [5.74, 6) is 1.27. The molecule has 112 valence electrons. The fourth-order valence-corrected chi connectivity index (χ4v) is 3.33. The van der Waals surface area contributed by atoms with E-state index < -0.39 is 0 Å². The third-order valence-electron chi connectivity index (χ3n) is 3.70.